The molecular formula is C15H21N5O2. The van der Waals surface area contributed by atoms with E-state index in [1.807, 2.05) is 24.3 Å². The predicted octanol–water partition coefficient (Wildman–Crippen LogP) is 1.88. The molecule has 0 spiro atoms. The highest BCUT2D eigenvalue weighted by Crippen LogP contribution is 2.19. The Morgan fingerprint density at radius 3 is 2.91 bits per heavy atom. The Kier molecular flexibility index (Phi) is 5.60. The van der Waals surface area contributed by atoms with Gasteiger partial charge in [-0.2, -0.15) is 0 Å². The molecule has 1 N–H and O–H groups in total. The lowest BCUT2D eigenvalue weighted by molar-refractivity contribution is -0.117. The van der Waals surface area contributed by atoms with Crippen molar-refractivity contribution in [1.29, 1.82) is 0 Å². The van der Waals surface area contributed by atoms with E-state index < -0.39 is 0 Å². The van der Waals surface area contributed by atoms with Gasteiger partial charge >= 0.3 is 0 Å². The largest absolute Gasteiger partial charge is 0.381 e. The maximum atomic E-state index is 11.9. The number of aromatic nitrogens is 4. The van der Waals surface area contributed by atoms with Gasteiger partial charge in [-0.1, -0.05) is 26.0 Å². The van der Waals surface area contributed by atoms with Gasteiger partial charge in [0.25, 0.3) is 0 Å². The van der Waals surface area contributed by atoms with Gasteiger partial charge in [0.05, 0.1) is 13.0 Å². The van der Waals surface area contributed by atoms with Crippen molar-refractivity contribution in [2.24, 2.45) is 13.0 Å². The molecule has 0 aliphatic carbocycles. The van der Waals surface area contributed by atoms with Gasteiger partial charge in [0.1, 0.15) is 0 Å². The van der Waals surface area contributed by atoms with Gasteiger partial charge in [-0.15, -0.1) is 5.10 Å². The molecule has 0 saturated carbocycles. The molecule has 2 rings (SSSR count). The van der Waals surface area contributed by atoms with Crippen LogP contribution in [0.1, 0.15) is 20.3 Å². The molecule has 7 nitrogen and oxygen atoms in total. The number of rotatable bonds is 7. The highest BCUT2D eigenvalue weighted by Gasteiger charge is 2.08. The Morgan fingerprint density at radius 2 is 2.23 bits per heavy atom. The maximum Gasteiger partial charge on any atom is 0.226 e. The minimum atomic E-state index is -0.0722. The van der Waals surface area contributed by atoms with Gasteiger partial charge in [-0.3, -0.25) is 4.79 Å². The van der Waals surface area contributed by atoms with Crippen LogP contribution in [0.5, 0.6) is 0 Å². The lowest BCUT2D eigenvalue weighted by atomic mass is 10.2. The third-order valence-corrected chi connectivity index (χ3v) is 2.95. The molecule has 2 aromatic rings. The third kappa shape index (κ3) is 4.63. The van der Waals surface area contributed by atoms with Gasteiger partial charge in [0, 0.05) is 24.9 Å². The second-order valence-electron chi connectivity index (χ2n) is 5.47. The van der Waals surface area contributed by atoms with Crippen LogP contribution in [0.15, 0.2) is 24.3 Å². The number of nitrogens with one attached hydrogen (secondary N) is 1. The van der Waals surface area contributed by atoms with Crippen molar-refractivity contribution < 1.29 is 9.53 Å². The average Bonchev–Trinajstić information content (AvgIpc) is 2.90. The maximum absolute atomic E-state index is 11.9. The Balaban J connectivity index is 1.90. The first-order chi connectivity index (χ1) is 10.6. The first kappa shape index (κ1) is 16.1. The number of hydrogen-bond acceptors (Lipinski definition) is 5. The van der Waals surface area contributed by atoms with Crippen molar-refractivity contribution in [2.45, 2.75) is 20.3 Å². The van der Waals surface area contributed by atoms with Gasteiger partial charge in [-0.05, 0) is 28.5 Å². The van der Waals surface area contributed by atoms with E-state index in [9.17, 15) is 4.79 Å². The van der Waals surface area contributed by atoms with Crippen LogP contribution < -0.4 is 5.32 Å². The van der Waals surface area contributed by atoms with Crippen LogP contribution >= 0.6 is 0 Å². The molecule has 0 aliphatic rings. The lowest BCUT2D eigenvalue weighted by Crippen LogP contribution is -2.15. The van der Waals surface area contributed by atoms with Crippen molar-refractivity contribution >= 4 is 11.6 Å². The van der Waals surface area contributed by atoms with Gasteiger partial charge in [-0.25, -0.2) is 4.68 Å². The van der Waals surface area contributed by atoms with Gasteiger partial charge < -0.3 is 10.1 Å². The number of aryl methyl sites for hydroxylation is 1. The topological polar surface area (TPSA) is 81.9 Å². The molecule has 0 saturated heterocycles. The van der Waals surface area contributed by atoms with E-state index in [0.29, 0.717) is 37.1 Å². The van der Waals surface area contributed by atoms with Crippen molar-refractivity contribution in [3.05, 3.63) is 24.3 Å². The molecule has 0 bridgehead atoms. The monoisotopic (exact) mass is 303 g/mol. The Bertz CT molecular complexity index is 624. The summed E-state index contributed by atoms with van der Waals surface area (Å²) in [5.74, 6) is 1.05. The molecular weight excluding hydrogens is 282 g/mol. The summed E-state index contributed by atoms with van der Waals surface area (Å²) in [5, 5.41) is 14.2. The van der Waals surface area contributed by atoms with Crippen LogP contribution in [0.2, 0.25) is 0 Å². The zero-order valence-corrected chi connectivity index (χ0v) is 13.1. The second kappa shape index (κ2) is 7.65. The van der Waals surface area contributed by atoms with Gasteiger partial charge in [0.2, 0.25) is 5.91 Å². The third-order valence-electron chi connectivity index (χ3n) is 2.95. The van der Waals surface area contributed by atoms with Crippen LogP contribution in [0.4, 0.5) is 5.69 Å². The summed E-state index contributed by atoms with van der Waals surface area (Å²) in [6.07, 6.45) is 0.336. The van der Waals surface area contributed by atoms with Crippen LogP contribution in [-0.2, 0) is 16.6 Å². The summed E-state index contributed by atoms with van der Waals surface area (Å²) in [4.78, 5) is 11.9. The molecule has 0 fully saturated rings. The fourth-order valence-corrected chi connectivity index (χ4v) is 1.92. The first-order valence-electron chi connectivity index (χ1n) is 7.26. The number of tetrazole rings is 1. The summed E-state index contributed by atoms with van der Waals surface area (Å²) < 4.78 is 7.00. The summed E-state index contributed by atoms with van der Waals surface area (Å²) >= 11 is 0. The van der Waals surface area contributed by atoms with E-state index >= 15 is 0 Å². The second-order valence-corrected chi connectivity index (χ2v) is 5.47. The molecule has 0 atom stereocenters. The number of anilines is 1. The zero-order chi connectivity index (χ0) is 15.9. The number of carbonyl (C=O) groups excluding carboxylic acids is 1. The van der Waals surface area contributed by atoms with E-state index in [2.05, 4.69) is 34.7 Å². The minimum absolute atomic E-state index is 0.0722. The Morgan fingerprint density at radius 1 is 1.41 bits per heavy atom. The van der Waals surface area contributed by atoms with Crippen LogP contribution in [0.3, 0.4) is 0 Å². The number of ether oxygens (including phenoxy) is 1. The Hall–Kier alpha value is -2.28. The highest BCUT2D eigenvalue weighted by atomic mass is 16.5. The first-order valence-corrected chi connectivity index (χ1v) is 7.26. The molecule has 1 amide bonds. The molecule has 0 aliphatic heterocycles. The number of benzene rings is 1. The number of hydrogen-bond donors (Lipinski definition) is 1. The number of nitrogens with zero attached hydrogens (tertiary/aromatic N) is 4. The SMILES string of the molecule is CC(C)COCCC(=O)Nc1cccc(-c2nnnn2C)c1. The highest BCUT2D eigenvalue weighted by molar-refractivity contribution is 5.91. The zero-order valence-electron chi connectivity index (χ0n) is 13.1. The summed E-state index contributed by atoms with van der Waals surface area (Å²) in [7, 11) is 1.77. The van der Waals surface area contributed by atoms with Crippen molar-refractivity contribution in [3.8, 4) is 11.4 Å². The van der Waals surface area contributed by atoms with Crippen molar-refractivity contribution in [2.75, 3.05) is 18.5 Å². The predicted molar refractivity (Wildman–Crippen MR) is 83.1 cm³/mol. The van der Waals surface area contributed by atoms with Crippen molar-refractivity contribution in [3.63, 3.8) is 0 Å². The molecule has 0 radical (unpaired) electrons. The molecule has 118 valence electrons. The Labute approximate surface area is 129 Å². The molecule has 7 heteroatoms. The molecule has 22 heavy (non-hydrogen) atoms. The summed E-state index contributed by atoms with van der Waals surface area (Å²) in [6.45, 7) is 5.25. The van der Waals surface area contributed by atoms with E-state index in [1.165, 1.54) is 0 Å². The van der Waals surface area contributed by atoms with Crippen LogP contribution in [0.25, 0.3) is 11.4 Å². The van der Waals surface area contributed by atoms with Crippen LogP contribution in [-0.4, -0.2) is 39.3 Å². The normalized spacial score (nSPS) is 10.9. The quantitative estimate of drug-likeness (QED) is 0.790. The number of carbonyl (C=O) groups is 1. The van der Waals surface area contributed by atoms with E-state index in [0.717, 1.165) is 5.56 Å². The fourth-order valence-electron chi connectivity index (χ4n) is 1.92. The molecule has 1 aromatic heterocycles. The van der Waals surface area contributed by atoms with E-state index in [4.69, 9.17) is 4.74 Å². The average molecular weight is 303 g/mol. The smallest absolute Gasteiger partial charge is 0.226 e. The van der Waals surface area contributed by atoms with E-state index in [1.54, 1.807) is 11.7 Å². The lowest BCUT2D eigenvalue weighted by Gasteiger charge is -2.08. The van der Waals surface area contributed by atoms with Gasteiger partial charge in [0.15, 0.2) is 5.82 Å². The summed E-state index contributed by atoms with van der Waals surface area (Å²) in [6, 6.07) is 7.43. The van der Waals surface area contributed by atoms with Crippen molar-refractivity contribution in [1.82, 2.24) is 20.2 Å². The van der Waals surface area contributed by atoms with E-state index in [-0.39, 0.29) is 5.91 Å². The standard InChI is InChI=1S/C15H21N5O2/c1-11(2)10-22-8-7-14(21)16-13-6-4-5-12(9-13)15-17-18-19-20(15)3/h4-6,9,11H,7-8,10H2,1-3H3,(H,16,21). The fraction of sp³-hybridized carbons (Fsp3) is 0.467. The molecule has 1 aromatic carbocycles. The molecule has 1 heterocycles. The minimum Gasteiger partial charge on any atom is -0.381 e. The number of amides is 1. The van der Waals surface area contributed by atoms with Crippen LogP contribution in [0, 0.1) is 5.92 Å². The summed E-state index contributed by atoms with van der Waals surface area (Å²) in [5.41, 5.74) is 1.57. The molecule has 0 unspecified atom stereocenters.